The SMILES string of the molecule is O=C(Nc1ccc(O)cc1)C1C2CC3CC(C2)CC1C3. The highest BCUT2D eigenvalue weighted by Crippen LogP contribution is 2.56. The minimum Gasteiger partial charge on any atom is -0.508 e. The summed E-state index contributed by atoms with van der Waals surface area (Å²) in [4.78, 5) is 12.6. The van der Waals surface area contributed by atoms with Crippen molar-refractivity contribution in [2.24, 2.45) is 29.6 Å². The van der Waals surface area contributed by atoms with E-state index in [-0.39, 0.29) is 17.6 Å². The fourth-order valence-corrected chi connectivity index (χ4v) is 5.12. The molecule has 4 saturated carbocycles. The van der Waals surface area contributed by atoms with Crippen LogP contribution < -0.4 is 5.32 Å². The number of phenols is 1. The van der Waals surface area contributed by atoms with Crippen LogP contribution in [0.2, 0.25) is 0 Å². The van der Waals surface area contributed by atoms with Crippen LogP contribution in [-0.2, 0) is 4.79 Å². The van der Waals surface area contributed by atoms with Gasteiger partial charge >= 0.3 is 0 Å². The first kappa shape index (κ1) is 12.2. The third kappa shape index (κ3) is 2.00. The van der Waals surface area contributed by atoms with Crippen LogP contribution in [0.3, 0.4) is 0 Å². The number of aromatic hydroxyl groups is 1. The van der Waals surface area contributed by atoms with Crippen LogP contribution >= 0.6 is 0 Å². The maximum atomic E-state index is 12.6. The summed E-state index contributed by atoms with van der Waals surface area (Å²) in [5, 5.41) is 12.3. The van der Waals surface area contributed by atoms with Gasteiger partial charge in [0.15, 0.2) is 0 Å². The normalized spacial score (nSPS) is 37.9. The summed E-state index contributed by atoms with van der Waals surface area (Å²) in [5.74, 6) is 3.68. The lowest BCUT2D eigenvalue weighted by Gasteiger charge is -2.53. The number of nitrogens with one attached hydrogen (secondary N) is 1. The van der Waals surface area contributed by atoms with E-state index in [1.807, 2.05) is 0 Å². The second-order valence-electron chi connectivity index (χ2n) is 6.99. The molecule has 2 N–H and O–H groups in total. The number of hydrogen-bond donors (Lipinski definition) is 2. The first-order valence-electron chi connectivity index (χ1n) is 7.79. The van der Waals surface area contributed by atoms with E-state index < -0.39 is 0 Å². The molecule has 0 unspecified atom stereocenters. The molecule has 20 heavy (non-hydrogen) atoms. The molecule has 4 aliphatic rings. The number of anilines is 1. The number of hydrogen-bond acceptors (Lipinski definition) is 2. The zero-order chi connectivity index (χ0) is 13.7. The average Bonchev–Trinajstić information content (AvgIpc) is 2.40. The van der Waals surface area contributed by atoms with Crippen molar-refractivity contribution in [3.05, 3.63) is 24.3 Å². The van der Waals surface area contributed by atoms with E-state index in [9.17, 15) is 9.90 Å². The summed E-state index contributed by atoms with van der Waals surface area (Å²) in [7, 11) is 0. The zero-order valence-corrected chi connectivity index (χ0v) is 11.6. The van der Waals surface area contributed by atoms with Gasteiger partial charge in [-0.1, -0.05) is 0 Å². The van der Waals surface area contributed by atoms with E-state index in [2.05, 4.69) is 5.32 Å². The number of rotatable bonds is 2. The highest BCUT2D eigenvalue weighted by Gasteiger charge is 2.50. The Kier molecular flexibility index (Phi) is 2.76. The van der Waals surface area contributed by atoms with Crippen molar-refractivity contribution in [2.45, 2.75) is 32.1 Å². The minimum atomic E-state index is 0.199. The van der Waals surface area contributed by atoms with Gasteiger partial charge in [-0.3, -0.25) is 4.79 Å². The number of carbonyl (C=O) groups is 1. The fraction of sp³-hybridized carbons (Fsp3) is 0.588. The van der Waals surface area contributed by atoms with E-state index >= 15 is 0 Å². The van der Waals surface area contributed by atoms with E-state index in [0.29, 0.717) is 11.8 Å². The molecule has 0 radical (unpaired) electrons. The Morgan fingerprint density at radius 3 is 2.05 bits per heavy atom. The van der Waals surface area contributed by atoms with E-state index in [1.54, 1.807) is 24.3 Å². The monoisotopic (exact) mass is 271 g/mol. The van der Waals surface area contributed by atoms with Gasteiger partial charge in [-0.15, -0.1) is 0 Å². The molecular weight excluding hydrogens is 250 g/mol. The molecule has 5 rings (SSSR count). The lowest BCUT2D eigenvalue weighted by atomic mass is 9.51. The molecule has 0 saturated heterocycles. The molecule has 4 bridgehead atoms. The second-order valence-corrected chi connectivity index (χ2v) is 6.99. The Morgan fingerprint density at radius 2 is 1.50 bits per heavy atom. The van der Waals surface area contributed by atoms with Crippen molar-refractivity contribution in [3.63, 3.8) is 0 Å². The van der Waals surface area contributed by atoms with Crippen molar-refractivity contribution in [2.75, 3.05) is 5.32 Å². The molecule has 4 fully saturated rings. The predicted octanol–water partition coefficient (Wildman–Crippen LogP) is 3.40. The van der Waals surface area contributed by atoms with Crippen LogP contribution in [0.15, 0.2) is 24.3 Å². The van der Waals surface area contributed by atoms with E-state index in [4.69, 9.17) is 0 Å². The fourth-order valence-electron chi connectivity index (χ4n) is 5.12. The molecule has 1 aromatic carbocycles. The topological polar surface area (TPSA) is 49.3 Å². The van der Waals surface area contributed by atoms with Crippen molar-refractivity contribution >= 4 is 11.6 Å². The molecule has 1 amide bonds. The van der Waals surface area contributed by atoms with Crippen molar-refractivity contribution in [1.82, 2.24) is 0 Å². The molecule has 4 aliphatic carbocycles. The van der Waals surface area contributed by atoms with Crippen LogP contribution in [0.1, 0.15) is 32.1 Å². The Balaban J connectivity index is 1.50. The van der Waals surface area contributed by atoms with Crippen molar-refractivity contribution < 1.29 is 9.90 Å². The van der Waals surface area contributed by atoms with Crippen LogP contribution in [0.25, 0.3) is 0 Å². The molecule has 3 nitrogen and oxygen atoms in total. The van der Waals surface area contributed by atoms with E-state index in [1.165, 1.54) is 32.1 Å². The Bertz CT molecular complexity index is 494. The molecule has 0 spiro atoms. The quantitative estimate of drug-likeness (QED) is 0.810. The summed E-state index contributed by atoms with van der Waals surface area (Å²) in [6, 6.07) is 6.77. The van der Waals surface area contributed by atoms with Gasteiger partial charge in [0.2, 0.25) is 5.91 Å². The second kappa shape index (κ2) is 4.51. The average molecular weight is 271 g/mol. The molecule has 3 heteroatoms. The van der Waals surface area contributed by atoms with Gasteiger partial charge in [0, 0.05) is 11.6 Å². The molecule has 0 aromatic heterocycles. The summed E-state index contributed by atoms with van der Waals surface area (Å²) < 4.78 is 0. The summed E-state index contributed by atoms with van der Waals surface area (Å²) >= 11 is 0. The zero-order valence-electron chi connectivity index (χ0n) is 11.6. The molecule has 1 aromatic rings. The van der Waals surface area contributed by atoms with Gasteiger partial charge < -0.3 is 10.4 Å². The van der Waals surface area contributed by atoms with Crippen molar-refractivity contribution in [3.8, 4) is 5.75 Å². The molecule has 0 aliphatic heterocycles. The van der Waals surface area contributed by atoms with Gasteiger partial charge in [0.25, 0.3) is 0 Å². The molecule has 0 heterocycles. The lowest BCUT2D eigenvalue weighted by Crippen LogP contribution is -2.49. The number of benzene rings is 1. The maximum Gasteiger partial charge on any atom is 0.228 e. The Morgan fingerprint density at radius 1 is 0.950 bits per heavy atom. The van der Waals surface area contributed by atoms with E-state index in [0.717, 1.165) is 17.5 Å². The highest BCUT2D eigenvalue weighted by molar-refractivity contribution is 5.93. The first-order valence-corrected chi connectivity index (χ1v) is 7.79. The predicted molar refractivity (Wildman–Crippen MR) is 77.3 cm³/mol. The van der Waals surface area contributed by atoms with Gasteiger partial charge in [-0.05, 0) is 80.0 Å². The summed E-state index contributed by atoms with van der Waals surface area (Å²) in [6.45, 7) is 0. The van der Waals surface area contributed by atoms with Crippen LogP contribution in [0.4, 0.5) is 5.69 Å². The third-order valence-electron chi connectivity index (χ3n) is 5.66. The minimum absolute atomic E-state index is 0.199. The Labute approximate surface area is 119 Å². The third-order valence-corrected chi connectivity index (χ3v) is 5.66. The van der Waals surface area contributed by atoms with Crippen molar-refractivity contribution in [1.29, 1.82) is 0 Å². The largest absolute Gasteiger partial charge is 0.508 e. The summed E-state index contributed by atoms with van der Waals surface area (Å²) in [6.07, 6.45) is 6.47. The highest BCUT2D eigenvalue weighted by atomic mass is 16.3. The lowest BCUT2D eigenvalue weighted by molar-refractivity contribution is -0.132. The molecule has 0 atom stereocenters. The molecule has 106 valence electrons. The van der Waals surface area contributed by atoms with Gasteiger partial charge in [0.1, 0.15) is 5.75 Å². The number of phenolic OH excluding ortho intramolecular Hbond substituents is 1. The Hall–Kier alpha value is -1.51. The maximum absolute atomic E-state index is 12.6. The van der Waals surface area contributed by atoms with Gasteiger partial charge in [-0.25, -0.2) is 0 Å². The summed E-state index contributed by atoms with van der Waals surface area (Å²) in [5.41, 5.74) is 0.793. The van der Waals surface area contributed by atoms with Gasteiger partial charge in [0.05, 0.1) is 0 Å². The number of amides is 1. The van der Waals surface area contributed by atoms with Gasteiger partial charge in [-0.2, -0.15) is 0 Å². The van der Waals surface area contributed by atoms with Crippen LogP contribution in [0, 0.1) is 29.6 Å². The smallest absolute Gasteiger partial charge is 0.228 e. The van der Waals surface area contributed by atoms with Crippen LogP contribution in [-0.4, -0.2) is 11.0 Å². The van der Waals surface area contributed by atoms with Crippen LogP contribution in [0.5, 0.6) is 5.75 Å². The number of carbonyl (C=O) groups excluding carboxylic acids is 1. The first-order chi connectivity index (χ1) is 9.69. The standard InChI is InChI=1S/C17H21NO2/c19-15-3-1-14(2-4-15)18-17(20)16-12-6-10-5-11(8-12)9-13(16)7-10/h1-4,10-13,16,19H,5-9H2,(H,18,20). The molecular formula is C17H21NO2.